The summed E-state index contributed by atoms with van der Waals surface area (Å²) >= 11 is 0. The van der Waals surface area contributed by atoms with Gasteiger partial charge in [-0.25, -0.2) is 0 Å². The van der Waals surface area contributed by atoms with Gasteiger partial charge in [-0.2, -0.15) is 4.98 Å². The predicted molar refractivity (Wildman–Crippen MR) is 92.9 cm³/mol. The van der Waals surface area contributed by atoms with Gasteiger partial charge < -0.3 is 18.6 Å². The van der Waals surface area contributed by atoms with Crippen molar-refractivity contribution in [1.29, 1.82) is 0 Å². The molecule has 0 radical (unpaired) electrons. The molecule has 0 atom stereocenters. The van der Waals surface area contributed by atoms with Crippen LogP contribution in [0.15, 0.2) is 51.8 Å². The van der Waals surface area contributed by atoms with E-state index in [1.807, 2.05) is 29.2 Å². The van der Waals surface area contributed by atoms with E-state index in [0.717, 1.165) is 24.2 Å². The van der Waals surface area contributed by atoms with Crippen molar-refractivity contribution in [3.8, 4) is 17.2 Å². The van der Waals surface area contributed by atoms with Crippen molar-refractivity contribution in [2.24, 2.45) is 0 Å². The maximum Gasteiger partial charge on any atom is 0.258 e. The number of carbonyl (C=O) groups excluding carboxylic acids is 1. The Morgan fingerprint density at radius 2 is 2.12 bits per heavy atom. The summed E-state index contributed by atoms with van der Waals surface area (Å²) in [6.07, 6.45) is 4.61. The number of furan rings is 1. The monoisotopic (exact) mass is 353 g/mol. The fraction of sp³-hybridized carbons (Fsp3) is 0.316. The van der Waals surface area contributed by atoms with Gasteiger partial charge in [0, 0.05) is 24.6 Å². The Morgan fingerprint density at radius 3 is 2.85 bits per heavy atom. The highest BCUT2D eigenvalue weighted by Crippen LogP contribution is 2.29. The summed E-state index contributed by atoms with van der Waals surface area (Å²) in [7, 11) is 1.62. The molecular weight excluding hydrogens is 334 g/mol. The highest BCUT2D eigenvalue weighted by atomic mass is 16.5. The molecule has 0 saturated carbocycles. The fourth-order valence-corrected chi connectivity index (χ4v) is 3.18. The molecule has 7 heteroatoms. The lowest BCUT2D eigenvalue weighted by atomic mass is 9.96. The molecular formula is C19H19N3O4. The molecule has 0 spiro atoms. The Morgan fingerprint density at radius 1 is 1.27 bits per heavy atom. The first kappa shape index (κ1) is 16.4. The van der Waals surface area contributed by atoms with Gasteiger partial charge in [-0.3, -0.25) is 4.79 Å². The van der Waals surface area contributed by atoms with Crippen molar-refractivity contribution in [3.05, 3.63) is 54.2 Å². The quantitative estimate of drug-likeness (QED) is 0.715. The van der Waals surface area contributed by atoms with Crippen LogP contribution in [0.1, 0.15) is 34.9 Å². The number of ether oxygens (including phenoxy) is 1. The second kappa shape index (κ2) is 7.03. The van der Waals surface area contributed by atoms with E-state index < -0.39 is 0 Å². The Balaban J connectivity index is 1.42. The van der Waals surface area contributed by atoms with Crippen LogP contribution in [-0.4, -0.2) is 41.1 Å². The van der Waals surface area contributed by atoms with Crippen molar-refractivity contribution >= 4 is 5.91 Å². The van der Waals surface area contributed by atoms with E-state index in [4.69, 9.17) is 13.7 Å². The molecule has 0 N–H and O–H groups in total. The van der Waals surface area contributed by atoms with Crippen molar-refractivity contribution in [2.75, 3.05) is 20.2 Å². The maximum atomic E-state index is 12.4. The zero-order valence-corrected chi connectivity index (χ0v) is 14.4. The first-order valence-electron chi connectivity index (χ1n) is 8.54. The average Bonchev–Trinajstić information content (AvgIpc) is 3.40. The highest BCUT2D eigenvalue weighted by Gasteiger charge is 2.28. The van der Waals surface area contributed by atoms with E-state index in [2.05, 4.69) is 10.1 Å². The summed E-state index contributed by atoms with van der Waals surface area (Å²) in [5.41, 5.74) is 1.42. The van der Waals surface area contributed by atoms with Crippen LogP contribution in [-0.2, 0) is 0 Å². The van der Waals surface area contributed by atoms with Crippen LogP contribution >= 0.6 is 0 Å². The molecule has 1 amide bonds. The topological polar surface area (TPSA) is 81.6 Å². The van der Waals surface area contributed by atoms with E-state index in [1.165, 1.54) is 12.5 Å². The predicted octanol–water partition coefficient (Wildman–Crippen LogP) is 3.36. The molecule has 26 heavy (non-hydrogen) atoms. The largest absolute Gasteiger partial charge is 0.497 e. The van der Waals surface area contributed by atoms with Gasteiger partial charge >= 0.3 is 0 Å². The van der Waals surface area contributed by atoms with E-state index in [1.54, 1.807) is 13.2 Å². The Kier molecular flexibility index (Phi) is 4.43. The molecule has 1 aliphatic heterocycles. The van der Waals surface area contributed by atoms with Gasteiger partial charge in [-0.1, -0.05) is 11.2 Å². The molecule has 0 bridgehead atoms. The smallest absolute Gasteiger partial charge is 0.258 e. The molecule has 1 aliphatic rings. The normalized spacial score (nSPS) is 15.2. The lowest BCUT2D eigenvalue weighted by molar-refractivity contribution is 0.0710. The third kappa shape index (κ3) is 3.20. The molecule has 1 saturated heterocycles. The number of aromatic nitrogens is 2. The van der Waals surface area contributed by atoms with Crippen LogP contribution in [0, 0.1) is 0 Å². The summed E-state index contributed by atoms with van der Waals surface area (Å²) in [4.78, 5) is 18.7. The minimum absolute atomic E-state index is 0.00221. The first-order chi connectivity index (χ1) is 12.7. The Bertz CT molecular complexity index is 880. The molecule has 2 aromatic heterocycles. The van der Waals surface area contributed by atoms with Crippen LogP contribution in [0.5, 0.6) is 5.75 Å². The summed E-state index contributed by atoms with van der Waals surface area (Å²) in [5.74, 6) is 2.11. The number of rotatable bonds is 4. The number of benzene rings is 1. The molecule has 134 valence electrons. The summed E-state index contributed by atoms with van der Waals surface area (Å²) < 4.78 is 15.6. The number of nitrogens with zero attached hydrogens (tertiary/aromatic N) is 3. The van der Waals surface area contributed by atoms with E-state index in [9.17, 15) is 4.79 Å². The van der Waals surface area contributed by atoms with E-state index in [-0.39, 0.29) is 11.8 Å². The molecule has 0 aliphatic carbocycles. The van der Waals surface area contributed by atoms with Crippen LogP contribution in [0.2, 0.25) is 0 Å². The molecule has 4 rings (SSSR count). The third-order valence-corrected chi connectivity index (χ3v) is 4.67. The molecule has 1 fully saturated rings. The van der Waals surface area contributed by atoms with Crippen LogP contribution in [0.3, 0.4) is 0 Å². The Labute approximate surface area is 150 Å². The maximum absolute atomic E-state index is 12.4. The zero-order valence-electron chi connectivity index (χ0n) is 14.4. The fourth-order valence-electron chi connectivity index (χ4n) is 3.18. The lowest BCUT2D eigenvalue weighted by Crippen LogP contribution is -2.37. The van der Waals surface area contributed by atoms with Gasteiger partial charge in [0.2, 0.25) is 0 Å². The van der Waals surface area contributed by atoms with Crippen LogP contribution in [0.25, 0.3) is 11.5 Å². The number of likely N-dealkylation sites (tertiary alicyclic amines) is 1. The summed E-state index contributed by atoms with van der Waals surface area (Å²) in [6.45, 7) is 1.33. The van der Waals surface area contributed by atoms with Gasteiger partial charge in [0.1, 0.15) is 12.0 Å². The van der Waals surface area contributed by atoms with Crippen molar-refractivity contribution in [3.63, 3.8) is 0 Å². The van der Waals surface area contributed by atoms with Gasteiger partial charge in [-0.15, -0.1) is 0 Å². The molecule has 0 unspecified atom stereocenters. The lowest BCUT2D eigenvalue weighted by Gasteiger charge is -2.30. The Hall–Kier alpha value is -3.09. The van der Waals surface area contributed by atoms with E-state index in [0.29, 0.717) is 30.4 Å². The van der Waals surface area contributed by atoms with Crippen LogP contribution < -0.4 is 4.74 Å². The van der Waals surface area contributed by atoms with Crippen molar-refractivity contribution in [1.82, 2.24) is 15.0 Å². The number of hydrogen-bond acceptors (Lipinski definition) is 6. The average molecular weight is 353 g/mol. The number of piperidine rings is 1. The number of methoxy groups -OCH3 is 1. The summed E-state index contributed by atoms with van der Waals surface area (Å²) in [6, 6.07) is 9.22. The molecule has 3 heterocycles. The second-order valence-corrected chi connectivity index (χ2v) is 6.27. The minimum Gasteiger partial charge on any atom is -0.497 e. The van der Waals surface area contributed by atoms with Gasteiger partial charge in [0.05, 0.1) is 18.9 Å². The molecule has 7 nitrogen and oxygen atoms in total. The number of amides is 1. The summed E-state index contributed by atoms with van der Waals surface area (Å²) in [5, 5.41) is 4.15. The van der Waals surface area contributed by atoms with Gasteiger partial charge in [-0.05, 0) is 37.1 Å². The van der Waals surface area contributed by atoms with Crippen LogP contribution in [0.4, 0.5) is 0 Å². The molecule has 3 aromatic rings. The van der Waals surface area contributed by atoms with Crippen molar-refractivity contribution in [2.45, 2.75) is 18.8 Å². The number of carbonyl (C=O) groups is 1. The van der Waals surface area contributed by atoms with Gasteiger partial charge in [0.25, 0.3) is 11.8 Å². The molecule has 1 aromatic carbocycles. The third-order valence-electron chi connectivity index (χ3n) is 4.67. The SMILES string of the molecule is COc1cccc(-c2nc(C3CCN(C(=O)c4ccoc4)CC3)no2)c1. The number of hydrogen-bond donors (Lipinski definition) is 0. The van der Waals surface area contributed by atoms with Crippen molar-refractivity contribution < 1.29 is 18.5 Å². The van der Waals surface area contributed by atoms with E-state index >= 15 is 0 Å². The van der Waals surface area contributed by atoms with Gasteiger partial charge in [0.15, 0.2) is 5.82 Å². The first-order valence-corrected chi connectivity index (χ1v) is 8.54. The zero-order chi connectivity index (χ0) is 17.9. The second-order valence-electron chi connectivity index (χ2n) is 6.27. The highest BCUT2D eigenvalue weighted by molar-refractivity contribution is 5.93. The minimum atomic E-state index is 0.00221. The standard InChI is InChI=1S/C19H19N3O4/c1-24-16-4-2-3-14(11-16)18-20-17(21-26-18)13-5-8-22(9-6-13)19(23)15-7-10-25-12-15/h2-4,7,10-13H,5-6,8-9H2,1H3.